The lowest BCUT2D eigenvalue weighted by molar-refractivity contribution is -0.236. The highest BCUT2D eigenvalue weighted by Crippen LogP contribution is 2.49. The molecule has 5 rings (SSSR count). The number of carbonyl (C=O) groups is 5. The topological polar surface area (TPSA) is 276 Å². The van der Waals surface area contributed by atoms with Gasteiger partial charge >= 0.3 is 24.2 Å². The van der Waals surface area contributed by atoms with Gasteiger partial charge < -0.3 is 64.3 Å². The highest BCUT2D eigenvalue weighted by molar-refractivity contribution is 6.35. The highest BCUT2D eigenvalue weighted by Gasteiger charge is 2.65. The molecule has 0 aromatic heterocycles. The van der Waals surface area contributed by atoms with Crippen LogP contribution in [0.25, 0.3) is 0 Å². The second-order valence-electron chi connectivity index (χ2n) is 15.0. The van der Waals surface area contributed by atoms with Gasteiger partial charge in [0.05, 0.1) is 18.2 Å². The van der Waals surface area contributed by atoms with Crippen molar-refractivity contribution in [3.63, 3.8) is 0 Å². The van der Waals surface area contributed by atoms with Crippen LogP contribution >= 0.6 is 11.6 Å². The van der Waals surface area contributed by atoms with Crippen LogP contribution in [0.4, 0.5) is 20.1 Å². The number of nitrogens with two attached hydrogens (primary N) is 1. The molecule has 20 nitrogen and oxygen atoms in total. The number of phenolic OH excluding ortho intramolecular Hbond substituents is 1. The van der Waals surface area contributed by atoms with Crippen molar-refractivity contribution in [3.05, 3.63) is 46.5 Å². The van der Waals surface area contributed by atoms with E-state index in [1.165, 1.54) is 33.4 Å². The van der Waals surface area contributed by atoms with Gasteiger partial charge in [-0.1, -0.05) is 42.3 Å². The van der Waals surface area contributed by atoms with Gasteiger partial charge in [-0.3, -0.25) is 19.8 Å². The summed E-state index contributed by atoms with van der Waals surface area (Å²) in [5.41, 5.74) is 2.97. The molecule has 21 heteroatoms. The fourth-order valence-corrected chi connectivity index (χ4v) is 8.03. The van der Waals surface area contributed by atoms with Crippen LogP contribution in [-0.4, -0.2) is 140 Å². The predicted molar refractivity (Wildman–Crippen MR) is 204 cm³/mol. The summed E-state index contributed by atoms with van der Waals surface area (Å²) in [4.78, 5) is 65.6. The number of allylic oxidation sites excluding steroid dienone is 3. The molecule has 1 aromatic carbocycles. The zero-order valence-corrected chi connectivity index (χ0v) is 34.3. The number of carbonyl (C=O) groups excluding carboxylic acids is 5. The molecule has 4 heterocycles. The van der Waals surface area contributed by atoms with Gasteiger partial charge in [0.2, 0.25) is 5.91 Å². The fraction of sp³-hybridized carbons (Fsp3) is 0.605. The Labute approximate surface area is 344 Å². The number of aromatic hydroxyl groups is 1. The van der Waals surface area contributed by atoms with E-state index >= 15 is 4.79 Å². The zero-order valence-electron chi connectivity index (χ0n) is 33.5. The molecular weight excluding hydrogens is 804 g/mol. The molecule has 3 fully saturated rings. The quantitative estimate of drug-likeness (QED) is 0.129. The van der Waals surface area contributed by atoms with Gasteiger partial charge in [0.25, 0.3) is 0 Å². The summed E-state index contributed by atoms with van der Waals surface area (Å²) >= 11 is 6.76. The number of hydrogen-bond acceptors (Lipinski definition) is 16. The predicted octanol–water partition coefficient (Wildman–Crippen LogP) is 1.68. The number of hydrogen-bond donors (Lipinski definition) is 6. The SMILES string of the molecule is CNC(=O)O[C@H]1CC(=O)N([C@H]2O[C@@H](COC(C)=O)[C@H](OC(N)=O)[C@@H](OC)[C@@H]2O)c2cc(cc(O)c2Cl)C/C(C)=C\C=C[C@@H](OC)[C@@]2(O)C[C@H](OC(=O)N2)[C@@H](C)[C@@H]2O[C@@]12C. The van der Waals surface area contributed by atoms with Gasteiger partial charge in [-0.2, -0.15) is 0 Å². The number of phenols is 1. The van der Waals surface area contributed by atoms with E-state index in [-0.39, 0.29) is 23.6 Å². The molecule has 4 amide bonds. The number of alkyl carbamates (subject to hydrolysis) is 2. The molecule has 59 heavy (non-hydrogen) atoms. The summed E-state index contributed by atoms with van der Waals surface area (Å²) in [7, 11) is 3.87. The molecule has 1 aromatic rings. The summed E-state index contributed by atoms with van der Waals surface area (Å²) in [6.45, 7) is 5.63. The Bertz CT molecular complexity index is 1850. The van der Waals surface area contributed by atoms with E-state index in [9.17, 15) is 34.5 Å². The Kier molecular flexibility index (Phi) is 14.1. The minimum absolute atomic E-state index is 0.148. The number of primary amides is 1. The normalized spacial score (nSPS) is 35.8. The fourth-order valence-electron chi connectivity index (χ4n) is 7.83. The first-order chi connectivity index (χ1) is 27.8. The monoisotopic (exact) mass is 854 g/mol. The second kappa shape index (κ2) is 18.3. The van der Waals surface area contributed by atoms with Crippen molar-refractivity contribution in [2.24, 2.45) is 11.7 Å². The second-order valence-corrected chi connectivity index (χ2v) is 15.4. The number of aliphatic hydroxyl groups is 2. The van der Waals surface area contributed by atoms with Crippen LogP contribution in [0.3, 0.4) is 0 Å². The first-order valence-corrected chi connectivity index (χ1v) is 19.1. The zero-order chi connectivity index (χ0) is 43.6. The third-order valence-corrected chi connectivity index (χ3v) is 11.2. The van der Waals surface area contributed by atoms with Crippen LogP contribution < -0.4 is 21.3 Å². The highest BCUT2D eigenvalue weighted by atomic mass is 35.5. The van der Waals surface area contributed by atoms with Gasteiger partial charge in [0.15, 0.2) is 18.1 Å². The van der Waals surface area contributed by atoms with E-state index in [2.05, 4.69) is 10.6 Å². The molecule has 3 saturated heterocycles. The molecule has 0 saturated carbocycles. The summed E-state index contributed by atoms with van der Waals surface area (Å²) in [6.07, 6.45) is -11.0. The Morgan fingerprint density at radius 2 is 1.86 bits per heavy atom. The van der Waals surface area contributed by atoms with Crippen molar-refractivity contribution in [1.29, 1.82) is 0 Å². The number of aliphatic hydroxyl groups excluding tert-OH is 1. The number of fused-ring (bicyclic) bond motifs is 5. The number of amides is 4. The molecule has 0 unspecified atom stereocenters. The number of halogens is 1. The number of rotatable bonds is 7. The lowest BCUT2D eigenvalue weighted by atomic mass is 9.83. The van der Waals surface area contributed by atoms with Crippen molar-refractivity contribution in [2.75, 3.05) is 32.8 Å². The Hall–Kier alpha value is -4.70. The first-order valence-electron chi connectivity index (χ1n) is 18.7. The Morgan fingerprint density at radius 3 is 2.49 bits per heavy atom. The van der Waals surface area contributed by atoms with E-state index in [0.717, 1.165) is 11.8 Å². The van der Waals surface area contributed by atoms with Gasteiger partial charge in [-0.05, 0) is 38.0 Å². The van der Waals surface area contributed by atoms with E-state index in [1.54, 1.807) is 39.0 Å². The smallest absolute Gasteiger partial charge is 0.409 e. The largest absolute Gasteiger partial charge is 0.506 e. The third-order valence-electron chi connectivity index (χ3n) is 10.9. The average molecular weight is 855 g/mol. The molecule has 0 radical (unpaired) electrons. The van der Waals surface area contributed by atoms with Crippen molar-refractivity contribution in [1.82, 2.24) is 10.6 Å². The van der Waals surface area contributed by atoms with Crippen molar-refractivity contribution in [3.8, 4) is 5.75 Å². The third kappa shape index (κ3) is 9.86. The van der Waals surface area contributed by atoms with Gasteiger partial charge in [-0.15, -0.1) is 0 Å². The van der Waals surface area contributed by atoms with Crippen LogP contribution in [0, 0.1) is 5.92 Å². The first kappa shape index (κ1) is 45.4. The molecule has 0 aliphatic carbocycles. The summed E-state index contributed by atoms with van der Waals surface area (Å²) in [6, 6.07) is 2.85. The lowest BCUT2D eigenvalue weighted by Gasteiger charge is -2.47. The summed E-state index contributed by atoms with van der Waals surface area (Å²) in [5.74, 6) is -2.75. The van der Waals surface area contributed by atoms with E-state index < -0.39 is 121 Å². The van der Waals surface area contributed by atoms with E-state index in [0.29, 0.717) is 11.1 Å². The minimum atomic E-state index is -1.92. The standard InChI is InChI=1S/C38H51ClN4O16/c1-17-9-8-10-25(52-6)38(51)15-23(56-36(50)42-38)18(2)32-37(4,59-32)26(57-35(49)41-5)14-27(46)43(21-12-20(11-17)13-22(45)28(21)39)33-29(47)31(53-7)30(58-34(40)48)24(55-33)16-54-19(3)44/h8-10,12-13,18,23-26,29-33,45,47,51H,11,14-16H2,1-7H3,(H2,40,48)(H,41,49)(H,42,50)/b10-8?,17-9-/t18-,23+,24+,25-,26+,29+,30+,31+,32+,33+,37+,38+/m1/s1. The molecule has 4 bridgehead atoms. The van der Waals surface area contributed by atoms with Crippen LogP contribution in [0.1, 0.15) is 46.1 Å². The van der Waals surface area contributed by atoms with Gasteiger partial charge in [0, 0.05) is 40.5 Å². The number of methoxy groups -OCH3 is 2. The molecule has 0 spiro atoms. The van der Waals surface area contributed by atoms with Gasteiger partial charge in [-0.25, -0.2) is 14.4 Å². The maximum Gasteiger partial charge on any atom is 0.409 e. The lowest BCUT2D eigenvalue weighted by Crippen LogP contribution is -2.66. The number of benzene rings is 1. The molecule has 326 valence electrons. The van der Waals surface area contributed by atoms with E-state index in [1.807, 2.05) is 0 Å². The number of epoxide rings is 1. The van der Waals surface area contributed by atoms with Crippen LogP contribution in [0.15, 0.2) is 35.9 Å². The maximum absolute atomic E-state index is 15.0. The molecule has 7 N–H and O–H groups in total. The molecule has 12 atom stereocenters. The van der Waals surface area contributed by atoms with Crippen molar-refractivity contribution >= 4 is 47.4 Å². The van der Waals surface area contributed by atoms with Crippen LogP contribution in [-0.2, 0) is 53.9 Å². The van der Waals surface area contributed by atoms with Gasteiger partial charge in [0.1, 0.15) is 59.6 Å². The number of esters is 1. The van der Waals surface area contributed by atoms with Crippen LogP contribution in [0.2, 0.25) is 5.02 Å². The summed E-state index contributed by atoms with van der Waals surface area (Å²) < 4.78 is 45.4. The van der Waals surface area contributed by atoms with Crippen molar-refractivity contribution < 1.29 is 77.2 Å². The Balaban J connectivity index is 1.68. The molecular formula is C38H51ClN4O16. The average Bonchev–Trinajstić information content (AvgIpc) is 3.86. The number of nitrogens with one attached hydrogen (secondary N) is 2. The van der Waals surface area contributed by atoms with Crippen LogP contribution in [0.5, 0.6) is 5.75 Å². The van der Waals surface area contributed by atoms with Crippen molar-refractivity contribution in [2.45, 2.75) is 113 Å². The number of ether oxygens (including phenoxy) is 8. The maximum atomic E-state index is 15.0. The minimum Gasteiger partial charge on any atom is -0.506 e. The molecule has 4 aliphatic rings. The van der Waals surface area contributed by atoms with E-state index in [4.69, 9.17) is 55.2 Å². The number of anilines is 1. The molecule has 4 aliphatic heterocycles. The number of nitrogens with zero attached hydrogens (tertiary/aromatic N) is 1. The Morgan fingerprint density at radius 1 is 1.15 bits per heavy atom. The summed E-state index contributed by atoms with van der Waals surface area (Å²) in [5, 5.41) is 39.3.